The van der Waals surface area contributed by atoms with Gasteiger partial charge in [0, 0.05) is 18.7 Å². The van der Waals surface area contributed by atoms with Gasteiger partial charge in [-0.3, -0.25) is 0 Å². The molecule has 2 rings (SSSR count). The molecule has 0 fully saturated rings. The lowest BCUT2D eigenvalue weighted by molar-refractivity contribution is 0.146. The molecule has 0 aliphatic rings. The Balaban J connectivity index is 1.78. The average molecular weight is 221 g/mol. The molecule has 0 bridgehead atoms. The summed E-state index contributed by atoms with van der Waals surface area (Å²) in [5.41, 5.74) is 1.06. The Hall–Kier alpha value is -1.52. The highest BCUT2D eigenvalue weighted by molar-refractivity contribution is 5.09. The lowest BCUT2D eigenvalue weighted by Crippen LogP contribution is -2.20. The van der Waals surface area contributed by atoms with Crippen molar-refractivity contribution in [2.75, 3.05) is 6.54 Å². The van der Waals surface area contributed by atoms with Crippen LogP contribution in [0.3, 0.4) is 0 Å². The van der Waals surface area contributed by atoms with Crippen molar-refractivity contribution in [1.29, 1.82) is 0 Å². The fourth-order valence-corrected chi connectivity index (χ4v) is 1.48. The molecule has 2 aromatic heterocycles. The molecule has 86 valence electrons. The number of furan rings is 2. The lowest BCUT2D eigenvalue weighted by Gasteiger charge is -2.08. The molecule has 2 aromatic rings. The zero-order chi connectivity index (χ0) is 11.4. The van der Waals surface area contributed by atoms with Crippen LogP contribution in [0, 0.1) is 6.92 Å². The molecule has 0 aromatic carbocycles. The molecule has 1 atom stereocenters. The third kappa shape index (κ3) is 2.74. The van der Waals surface area contributed by atoms with Gasteiger partial charge in [-0.05, 0) is 25.1 Å². The minimum Gasteiger partial charge on any atom is -0.472 e. The summed E-state index contributed by atoms with van der Waals surface area (Å²) in [5, 5.41) is 12.9. The molecular formula is C12H15NO3. The van der Waals surface area contributed by atoms with Crippen molar-refractivity contribution in [3.05, 3.63) is 47.8 Å². The van der Waals surface area contributed by atoms with Crippen molar-refractivity contribution < 1.29 is 13.9 Å². The van der Waals surface area contributed by atoms with Crippen molar-refractivity contribution in [2.24, 2.45) is 0 Å². The first kappa shape index (κ1) is 11.0. The van der Waals surface area contributed by atoms with Crippen LogP contribution in [0.2, 0.25) is 0 Å². The van der Waals surface area contributed by atoms with Gasteiger partial charge in [-0.15, -0.1) is 0 Å². The number of nitrogens with one attached hydrogen (secondary N) is 1. The SMILES string of the molecule is Cc1ccc(C(O)CNCc2ccoc2)o1. The van der Waals surface area contributed by atoms with Gasteiger partial charge >= 0.3 is 0 Å². The van der Waals surface area contributed by atoms with E-state index in [1.165, 1.54) is 0 Å². The highest BCUT2D eigenvalue weighted by atomic mass is 16.4. The highest BCUT2D eigenvalue weighted by Crippen LogP contribution is 2.15. The molecule has 0 saturated carbocycles. The highest BCUT2D eigenvalue weighted by Gasteiger charge is 2.10. The maximum absolute atomic E-state index is 9.78. The molecule has 0 radical (unpaired) electrons. The molecule has 0 amide bonds. The fraction of sp³-hybridized carbons (Fsp3) is 0.333. The maximum Gasteiger partial charge on any atom is 0.133 e. The van der Waals surface area contributed by atoms with Gasteiger partial charge in [0.1, 0.15) is 17.6 Å². The minimum atomic E-state index is -0.611. The lowest BCUT2D eigenvalue weighted by atomic mass is 10.2. The molecule has 2 N–H and O–H groups in total. The van der Waals surface area contributed by atoms with Crippen LogP contribution < -0.4 is 5.32 Å². The smallest absolute Gasteiger partial charge is 0.133 e. The summed E-state index contributed by atoms with van der Waals surface area (Å²) in [7, 11) is 0. The number of aliphatic hydroxyl groups excluding tert-OH is 1. The average Bonchev–Trinajstić information content (AvgIpc) is 2.89. The molecular weight excluding hydrogens is 206 g/mol. The van der Waals surface area contributed by atoms with Gasteiger partial charge in [-0.2, -0.15) is 0 Å². The van der Waals surface area contributed by atoms with Crippen LogP contribution in [-0.2, 0) is 6.54 Å². The van der Waals surface area contributed by atoms with E-state index in [0.29, 0.717) is 18.8 Å². The maximum atomic E-state index is 9.78. The molecule has 2 heterocycles. The van der Waals surface area contributed by atoms with Crippen molar-refractivity contribution >= 4 is 0 Å². The van der Waals surface area contributed by atoms with Crippen molar-refractivity contribution in [1.82, 2.24) is 5.32 Å². The topological polar surface area (TPSA) is 58.5 Å². The van der Waals surface area contributed by atoms with Crippen LogP contribution in [0.5, 0.6) is 0 Å². The van der Waals surface area contributed by atoms with Crippen LogP contribution >= 0.6 is 0 Å². The second kappa shape index (κ2) is 5.01. The van der Waals surface area contributed by atoms with Crippen molar-refractivity contribution in [3.63, 3.8) is 0 Å². The first-order chi connectivity index (χ1) is 7.75. The quantitative estimate of drug-likeness (QED) is 0.810. The van der Waals surface area contributed by atoms with Gasteiger partial charge in [-0.1, -0.05) is 0 Å². The third-order valence-electron chi connectivity index (χ3n) is 2.34. The van der Waals surface area contributed by atoms with Crippen LogP contribution in [0.4, 0.5) is 0 Å². The van der Waals surface area contributed by atoms with E-state index in [2.05, 4.69) is 5.32 Å². The Kier molecular flexibility index (Phi) is 3.44. The monoisotopic (exact) mass is 221 g/mol. The van der Waals surface area contributed by atoms with Crippen LogP contribution in [0.1, 0.15) is 23.2 Å². The van der Waals surface area contributed by atoms with Crippen LogP contribution in [0.25, 0.3) is 0 Å². The summed E-state index contributed by atoms with van der Waals surface area (Å²) in [6.45, 7) is 2.99. The van der Waals surface area contributed by atoms with E-state index in [1.807, 2.05) is 19.1 Å². The van der Waals surface area contributed by atoms with Crippen LogP contribution in [-0.4, -0.2) is 11.7 Å². The summed E-state index contributed by atoms with van der Waals surface area (Å²) >= 11 is 0. The van der Waals surface area contributed by atoms with E-state index in [1.54, 1.807) is 18.6 Å². The Bertz CT molecular complexity index is 419. The Labute approximate surface area is 93.9 Å². The van der Waals surface area contributed by atoms with Gasteiger partial charge in [0.25, 0.3) is 0 Å². The van der Waals surface area contributed by atoms with Crippen molar-refractivity contribution in [3.8, 4) is 0 Å². The Morgan fingerprint density at radius 1 is 1.38 bits per heavy atom. The zero-order valence-electron chi connectivity index (χ0n) is 9.14. The first-order valence-corrected chi connectivity index (χ1v) is 5.22. The Morgan fingerprint density at radius 3 is 2.88 bits per heavy atom. The number of aryl methyl sites for hydroxylation is 1. The fourth-order valence-electron chi connectivity index (χ4n) is 1.48. The molecule has 0 saturated heterocycles. The number of hydrogen-bond acceptors (Lipinski definition) is 4. The zero-order valence-corrected chi connectivity index (χ0v) is 9.14. The number of rotatable bonds is 5. The van der Waals surface area contributed by atoms with Gasteiger partial charge in [0.2, 0.25) is 0 Å². The normalized spacial score (nSPS) is 12.9. The molecule has 4 heteroatoms. The van der Waals surface area contributed by atoms with Gasteiger partial charge < -0.3 is 19.3 Å². The second-order valence-electron chi connectivity index (χ2n) is 3.73. The summed E-state index contributed by atoms with van der Waals surface area (Å²) in [6, 6.07) is 5.52. The van der Waals surface area contributed by atoms with E-state index in [0.717, 1.165) is 11.3 Å². The van der Waals surface area contributed by atoms with E-state index < -0.39 is 6.10 Å². The van der Waals surface area contributed by atoms with E-state index >= 15 is 0 Å². The summed E-state index contributed by atoms with van der Waals surface area (Å²) < 4.78 is 10.3. The third-order valence-corrected chi connectivity index (χ3v) is 2.34. The predicted octanol–water partition coefficient (Wildman–Crippen LogP) is 2.00. The molecule has 1 unspecified atom stereocenters. The van der Waals surface area contributed by atoms with E-state index in [4.69, 9.17) is 8.83 Å². The Morgan fingerprint density at radius 2 is 2.25 bits per heavy atom. The molecule has 16 heavy (non-hydrogen) atoms. The van der Waals surface area contributed by atoms with Gasteiger partial charge in [-0.25, -0.2) is 0 Å². The molecule has 0 aliphatic carbocycles. The van der Waals surface area contributed by atoms with Gasteiger partial charge in [0.05, 0.1) is 12.5 Å². The molecule has 0 aliphatic heterocycles. The largest absolute Gasteiger partial charge is 0.472 e. The number of aliphatic hydroxyl groups is 1. The number of hydrogen-bond donors (Lipinski definition) is 2. The van der Waals surface area contributed by atoms with E-state index in [9.17, 15) is 5.11 Å². The van der Waals surface area contributed by atoms with Crippen LogP contribution in [0.15, 0.2) is 39.6 Å². The predicted molar refractivity (Wildman–Crippen MR) is 58.8 cm³/mol. The second-order valence-corrected chi connectivity index (χ2v) is 3.73. The minimum absolute atomic E-state index is 0.456. The summed E-state index contributed by atoms with van der Waals surface area (Å²) in [5.74, 6) is 1.40. The van der Waals surface area contributed by atoms with E-state index in [-0.39, 0.29) is 0 Å². The standard InChI is InChI=1S/C12H15NO3/c1-9-2-3-12(16-9)11(14)7-13-6-10-4-5-15-8-10/h2-5,8,11,13-14H,6-7H2,1H3. The molecule has 4 nitrogen and oxygen atoms in total. The van der Waals surface area contributed by atoms with Gasteiger partial charge in [0.15, 0.2) is 0 Å². The summed E-state index contributed by atoms with van der Waals surface area (Å²) in [6.07, 6.45) is 2.69. The first-order valence-electron chi connectivity index (χ1n) is 5.22. The summed E-state index contributed by atoms with van der Waals surface area (Å²) in [4.78, 5) is 0. The molecule has 0 spiro atoms. The van der Waals surface area contributed by atoms with Crippen molar-refractivity contribution in [2.45, 2.75) is 19.6 Å².